The van der Waals surface area contributed by atoms with Crippen LogP contribution >= 0.6 is 0 Å². The summed E-state index contributed by atoms with van der Waals surface area (Å²) >= 11 is 0. The Hall–Kier alpha value is -2.83. The standard InChI is InChI=1S/C16H17N3O4/c1-3-10(2)13(17-15(20)12-7-5-9-22-12)16-18-14(19-23-16)11-6-4-8-21-11/h4-10,13H,3H2,1-2H3,(H,17,20). The maximum Gasteiger partial charge on any atom is 0.287 e. The van der Waals surface area contributed by atoms with Gasteiger partial charge in [0.2, 0.25) is 11.7 Å². The fraction of sp³-hybridized carbons (Fsp3) is 0.312. The quantitative estimate of drug-likeness (QED) is 0.748. The highest BCUT2D eigenvalue weighted by molar-refractivity contribution is 5.91. The average Bonchev–Trinajstić information content (AvgIpc) is 3.32. The third kappa shape index (κ3) is 3.18. The molecular formula is C16H17N3O4. The van der Waals surface area contributed by atoms with Crippen molar-refractivity contribution in [1.82, 2.24) is 15.5 Å². The zero-order valence-electron chi connectivity index (χ0n) is 12.9. The van der Waals surface area contributed by atoms with Crippen LogP contribution in [0, 0.1) is 5.92 Å². The molecule has 0 saturated heterocycles. The first kappa shape index (κ1) is 15.1. The minimum Gasteiger partial charge on any atom is -0.461 e. The van der Waals surface area contributed by atoms with E-state index in [1.54, 1.807) is 24.3 Å². The SMILES string of the molecule is CCC(C)C(NC(=O)c1ccco1)c1nc(-c2ccco2)no1. The molecule has 3 aromatic heterocycles. The Labute approximate surface area is 132 Å². The van der Waals surface area contributed by atoms with E-state index in [9.17, 15) is 4.79 Å². The van der Waals surface area contributed by atoms with E-state index >= 15 is 0 Å². The molecule has 0 aliphatic carbocycles. The largest absolute Gasteiger partial charge is 0.461 e. The molecule has 0 aliphatic heterocycles. The summed E-state index contributed by atoms with van der Waals surface area (Å²) in [5.74, 6) is 1.23. The Morgan fingerprint density at radius 2 is 2.04 bits per heavy atom. The second-order valence-corrected chi connectivity index (χ2v) is 5.25. The van der Waals surface area contributed by atoms with Gasteiger partial charge < -0.3 is 18.7 Å². The Morgan fingerprint density at radius 1 is 1.26 bits per heavy atom. The fourth-order valence-corrected chi connectivity index (χ4v) is 2.17. The molecule has 0 aromatic carbocycles. The summed E-state index contributed by atoms with van der Waals surface area (Å²) in [7, 11) is 0. The van der Waals surface area contributed by atoms with Crippen molar-refractivity contribution in [2.24, 2.45) is 5.92 Å². The van der Waals surface area contributed by atoms with Crippen LogP contribution in [-0.4, -0.2) is 16.0 Å². The summed E-state index contributed by atoms with van der Waals surface area (Å²) in [5.41, 5.74) is 0. The Bertz CT molecular complexity index is 746. The van der Waals surface area contributed by atoms with Gasteiger partial charge in [-0.05, 0) is 30.2 Å². The molecule has 7 heteroatoms. The van der Waals surface area contributed by atoms with Crippen molar-refractivity contribution in [1.29, 1.82) is 0 Å². The molecule has 120 valence electrons. The summed E-state index contributed by atoms with van der Waals surface area (Å²) in [5, 5.41) is 6.80. The molecule has 0 bridgehead atoms. The topological polar surface area (TPSA) is 94.3 Å². The molecule has 1 N–H and O–H groups in total. The monoisotopic (exact) mass is 315 g/mol. The first-order valence-electron chi connectivity index (χ1n) is 7.41. The van der Waals surface area contributed by atoms with Gasteiger partial charge in [-0.15, -0.1) is 0 Å². The zero-order valence-corrected chi connectivity index (χ0v) is 12.9. The van der Waals surface area contributed by atoms with Crippen LogP contribution in [0.1, 0.15) is 42.8 Å². The lowest BCUT2D eigenvalue weighted by Crippen LogP contribution is -2.32. The van der Waals surface area contributed by atoms with Crippen LogP contribution in [-0.2, 0) is 0 Å². The maximum atomic E-state index is 12.2. The molecule has 0 fully saturated rings. The summed E-state index contributed by atoms with van der Waals surface area (Å²) in [4.78, 5) is 16.6. The van der Waals surface area contributed by atoms with Crippen LogP contribution in [0.15, 0.2) is 50.1 Å². The van der Waals surface area contributed by atoms with Crippen LogP contribution in [0.2, 0.25) is 0 Å². The van der Waals surface area contributed by atoms with E-state index in [2.05, 4.69) is 15.5 Å². The molecule has 7 nitrogen and oxygen atoms in total. The Balaban J connectivity index is 1.83. The molecule has 3 aromatic rings. The second kappa shape index (κ2) is 6.51. The van der Waals surface area contributed by atoms with Gasteiger partial charge in [-0.2, -0.15) is 4.98 Å². The molecule has 0 spiro atoms. The van der Waals surface area contributed by atoms with E-state index in [4.69, 9.17) is 13.4 Å². The number of rotatable bonds is 6. The van der Waals surface area contributed by atoms with Crippen LogP contribution in [0.3, 0.4) is 0 Å². The first-order valence-corrected chi connectivity index (χ1v) is 7.41. The highest BCUT2D eigenvalue weighted by Gasteiger charge is 2.28. The normalized spacial score (nSPS) is 13.7. The molecule has 2 unspecified atom stereocenters. The van der Waals surface area contributed by atoms with Crippen molar-refractivity contribution in [2.45, 2.75) is 26.3 Å². The Kier molecular flexibility index (Phi) is 4.27. The number of amides is 1. The lowest BCUT2D eigenvalue weighted by Gasteiger charge is -2.20. The van der Waals surface area contributed by atoms with Crippen LogP contribution in [0.25, 0.3) is 11.6 Å². The van der Waals surface area contributed by atoms with Gasteiger partial charge in [0.25, 0.3) is 5.91 Å². The van der Waals surface area contributed by atoms with Crippen molar-refractivity contribution in [3.05, 3.63) is 48.4 Å². The highest BCUT2D eigenvalue weighted by Crippen LogP contribution is 2.26. The molecule has 1 amide bonds. The van der Waals surface area contributed by atoms with Gasteiger partial charge in [-0.1, -0.05) is 25.4 Å². The molecule has 23 heavy (non-hydrogen) atoms. The number of nitrogens with one attached hydrogen (secondary N) is 1. The van der Waals surface area contributed by atoms with Crippen molar-refractivity contribution in [3.63, 3.8) is 0 Å². The van der Waals surface area contributed by atoms with Crippen molar-refractivity contribution < 1.29 is 18.2 Å². The first-order chi connectivity index (χ1) is 11.2. The number of carbonyl (C=O) groups excluding carboxylic acids is 1. The molecule has 0 saturated carbocycles. The van der Waals surface area contributed by atoms with E-state index in [0.29, 0.717) is 17.5 Å². The number of carbonyl (C=O) groups is 1. The van der Waals surface area contributed by atoms with Crippen molar-refractivity contribution in [2.75, 3.05) is 0 Å². The van der Waals surface area contributed by atoms with Gasteiger partial charge in [0.1, 0.15) is 6.04 Å². The van der Waals surface area contributed by atoms with E-state index in [1.807, 2.05) is 13.8 Å². The summed E-state index contributed by atoms with van der Waals surface area (Å²) in [6.07, 6.45) is 3.83. The van der Waals surface area contributed by atoms with Gasteiger partial charge in [0.05, 0.1) is 12.5 Å². The fourth-order valence-electron chi connectivity index (χ4n) is 2.17. The van der Waals surface area contributed by atoms with Gasteiger partial charge in [-0.25, -0.2) is 0 Å². The van der Waals surface area contributed by atoms with Gasteiger partial charge in [0.15, 0.2) is 11.5 Å². The van der Waals surface area contributed by atoms with Gasteiger partial charge in [-0.3, -0.25) is 4.79 Å². The van der Waals surface area contributed by atoms with Crippen LogP contribution in [0.5, 0.6) is 0 Å². The zero-order chi connectivity index (χ0) is 16.2. The predicted molar refractivity (Wildman–Crippen MR) is 80.4 cm³/mol. The Morgan fingerprint density at radius 3 is 2.70 bits per heavy atom. The van der Waals surface area contributed by atoms with E-state index in [1.165, 1.54) is 12.5 Å². The van der Waals surface area contributed by atoms with Gasteiger partial charge in [0, 0.05) is 0 Å². The summed E-state index contributed by atoms with van der Waals surface area (Å²) < 4.78 is 15.7. The van der Waals surface area contributed by atoms with Crippen LogP contribution < -0.4 is 5.32 Å². The third-order valence-electron chi connectivity index (χ3n) is 3.69. The van der Waals surface area contributed by atoms with E-state index in [-0.39, 0.29) is 17.6 Å². The highest BCUT2D eigenvalue weighted by atomic mass is 16.5. The minimum absolute atomic E-state index is 0.110. The molecular weight excluding hydrogens is 298 g/mol. The lowest BCUT2D eigenvalue weighted by atomic mass is 9.99. The summed E-state index contributed by atoms with van der Waals surface area (Å²) in [6, 6.07) is 6.35. The number of furan rings is 2. The summed E-state index contributed by atoms with van der Waals surface area (Å²) in [6.45, 7) is 4.03. The van der Waals surface area contributed by atoms with Crippen molar-refractivity contribution >= 4 is 5.91 Å². The predicted octanol–water partition coefficient (Wildman–Crippen LogP) is 3.44. The number of hydrogen-bond donors (Lipinski definition) is 1. The number of hydrogen-bond acceptors (Lipinski definition) is 6. The lowest BCUT2D eigenvalue weighted by molar-refractivity contribution is 0.0882. The molecule has 0 radical (unpaired) electrons. The molecule has 3 heterocycles. The molecule has 3 rings (SSSR count). The molecule has 2 atom stereocenters. The van der Waals surface area contributed by atoms with E-state index < -0.39 is 6.04 Å². The average molecular weight is 315 g/mol. The molecule has 0 aliphatic rings. The second-order valence-electron chi connectivity index (χ2n) is 5.25. The smallest absolute Gasteiger partial charge is 0.287 e. The van der Waals surface area contributed by atoms with Crippen molar-refractivity contribution in [3.8, 4) is 11.6 Å². The third-order valence-corrected chi connectivity index (χ3v) is 3.69. The minimum atomic E-state index is -0.409. The number of aromatic nitrogens is 2. The van der Waals surface area contributed by atoms with Gasteiger partial charge >= 0.3 is 0 Å². The number of nitrogens with zero attached hydrogens (tertiary/aromatic N) is 2. The maximum absolute atomic E-state index is 12.2. The van der Waals surface area contributed by atoms with E-state index in [0.717, 1.165) is 6.42 Å². The van der Waals surface area contributed by atoms with Crippen LogP contribution in [0.4, 0.5) is 0 Å².